The molecule has 0 aliphatic rings. The number of aldehydes is 1. The molecule has 6 heteroatoms. The van der Waals surface area contributed by atoms with Gasteiger partial charge in [0.1, 0.15) is 6.29 Å². The summed E-state index contributed by atoms with van der Waals surface area (Å²) in [6.45, 7) is 3.54. The molecule has 0 N–H and O–H groups in total. The zero-order chi connectivity index (χ0) is 16.1. The number of hydrogen-bond acceptors (Lipinski definition) is 6. The van der Waals surface area contributed by atoms with Crippen molar-refractivity contribution in [2.75, 3.05) is 67.7 Å². The fourth-order valence-electron chi connectivity index (χ4n) is 1.58. The first-order valence-electron chi connectivity index (χ1n) is 7.26. The Morgan fingerprint density at radius 2 is 1.33 bits per heavy atom. The minimum atomic E-state index is -1.10. The van der Waals surface area contributed by atoms with Gasteiger partial charge in [-0.2, -0.15) is 0 Å². The maximum atomic E-state index is 11.2. The maximum Gasteiger partial charge on any atom is 0.212 e. The van der Waals surface area contributed by atoms with Crippen LogP contribution in [0, 0.1) is 5.41 Å². The molecule has 0 atom stereocenters. The van der Waals surface area contributed by atoms with Crippen LogP contribution in [-0.2, 0) is 19.1 Å². The minimum absolute atomic E-state index is 0.352. The quantitative estimate of drug-likeness (QED) is 0.260. The fourth-order valence-corrected chi connectivity index (χ4v) is 1.58. The van der Waals surface area contributed by atoms with E-state index in [2.05, 4.69) is 0 Å². The van der Waals surface area contributed by atoms with Crippen molar-refractivity contribution in [2.24, 2.45) is 5.41 Å². The summed E-state index contributed by atoms with van der Waals surface area (Å²) in [7, 11) is 7.85. The van der Waals surface area contributed by atoms with Crippen LogP contribution in [0.25, 0.3) is 0 Å². The average molecular weight is 301 g/mol. The molecular weight excluding hydrogens is 272 g/mol. The lowest BCUT2D eigenvalue weighted by molar-refractivity contribution is -0.115. The standard InChI is InChI=1S/C15H29N2O4/c1-16(2)7-11-20-9-5-15(13-18,14-19)6-10-21-12-8-17(3)4/h13H,5-12H2,1-4H3. The van der Waals surface area contributed by atoms with Gasteiger partial charge in [0.25, 0.3) is 0 Å². The maximum absolute atomic E-state index is 11.2. The van der Waals surface area contributed by atoms with E-state index in [0.717, 1.165) is 13.1 Å². The fraction of sp³-hybridized carbons (Fsp3) is 0.867. The van der Waals surface area contributed by atoms with E-state index in [4.69, 9.17) is 9.47 Å². The number of carbonyl (C=O) groups is 1. The summed E-state index contributed by atoms with van der Waals surface area (Å²) >= 11 is 0. The molecule has 0 saturated heterocycles. The Morgan fingerprint density at radius 3 is 1.62 bits per heavy atom. The summed E-state index contributed by atoms with van der Waals surface area (Å²) in [4.78, 5) is 26.4. The zero-order valence-corrected chi connectivity index (χ0v) is 13.8. The molecule has 0 aromatic heterocycles. The Hall–Kier alpha value is -0.820. The van der Waals surface area contributed by atoms with Gasteiger partial charge in [-0.1, -0.05) is 0 Å². The lowest BCUT2D eigenvalue weighted by atomic mass is 9.85. The molecule has 0 rings (SSSR count). The van der Waals surface area contributed by atoms with Crippen LogP contribution >= 0.6 is 0 Å². The van der Waals surface area contributed by atoms with Crippen molar-refractivity contribution in [2.45, 2.75) is 12.8 Å². The molecule has 0 amide bonds. The summed E-state index contributed by atoms with van der Waals surface area (Å²) in [5.74, 6) is 0. The Morgan fingerprint density at radius 1 is 0.905 bits per heavy atom. The second kappa shape index (κ2) is 11.8. The highest BCUT2D eigenvalue weighted by atomic mass is 16.5. The van der Waals surface area contributed by atoms with Gasteiger partial charge in [-0.3, -0.25) is 4.79 Å². The van der Waals surface area contributed by atoms with Gasteiger partial charge in [-0.25, -0.2) is 0 Å². The van der Waals surface area contributed by atoms with Crippen LogP contribution in [-0.4, -0.2) is 90.1 Å². The van der Waals surface area contributed by atoms with Crippen molar-refractivity contribution in [3.63, 3.8) is 0 Å². The van der Waals surface area contributed by atoms with Crippen LogP contribution in [0.4, 0.5) is 0 Å². The van der Waals surface area contributed by atoms with E-state index in [9.17, 15) is 9.59 Å². The molecule has 0 bridgehead atoms. The Labute approximate surface area is 128 Å². The molecule has 6 nitrogen and oxygen atoms in total. The first-order valence-corrected chi connectivity index (χ1v) is 7.26. The summed E-state index contributed by atoms with van der Waals surface area (Å²) in [6.07, 6.45) is 3.24. The van der Waals surface area contributed by atoms with E-state index in [1.54, 1.807) is 0 Å². The van der Waals surface area contributed by atoms with Gasteiger partial charge >= 0.3 is 0 Å². The van der Waals surface area contributed by atoms with Gasteiger partial charge in [-0.15, -0.1) is 0 Å². The predicted octanol–water partition coefficient (Wildman–Crippen LogP) is 0.218. The smallest absolute Gasteiger partial charge is 0.212 e. The lowest BCUT2D eigenvalue weighted by Gasteiger charge is -2.21. The number of nitrogens with zero attached hydrogens (tertiary/aromatic N) is 2. The summed E-state index contributed by atoms with van der Waals surface area (Å²) in [5, 5.41) is 0. The number of rotatable bonds is 14. The average Bonchev–Trinajstić information content (AvgIpc) is 2.44. The predicted molar refractivity (Wildman–Crippen MR) is 82.2 cm³/mol. The molecular formula is C15H29N2O4. The molecule has 0 aliphatic heterocycles. The van der Waals surface area contributed by atoms with Gasteiger partial charge in [0.15, 0.2) is 0 Å². The highest BCUT2D eigenvalue weighted by molar-refractivity contribution is 5.83. The SMILES string of the molecule is CN(C)CCOCCC([C]=O)(C=O)CCOCCN(C)C. The molecule has 0 saturated carbocycles. The third kappa shape index (κ3) is 10.5. The Bertz CT molecular complexity index is 255. The second-order valence-corrected chi connectivity index (χ2v) is 5.71. The van der Waals surface area contributed by atoms with E-state index >= 15 is 0 Å². The molecule has 1 radical (unpaired) electrons. The number of hydrogen-bond donors (Lipinski definition) is 0. The van der Waals surface area contributed by atoms with Crippen LogP contribution in [0.1, 0.15) is 12.8 Å². The summed E-state index contributed by atoms with van der Waals surface area (Å²) in [5.41, 5.74) is -1.10. The topological polar surface area (TPSA) is 59.1 Å². The molecule has 0 heterocycles. The number of carbonyl (C=O) groups excluding carboxylic acids is 2. The molecule has 0 fully saturated rings. The second-order valence-electron chi connectivity index (χ2n) is 5.71. The number of ether oxygens (including phenoxy) is 2. The van der Waals surface area contributed by atoms with Crippen molar-refractivity contribution in [1.29, 1.82) is 0 Å². The van der Waals surface area contributed by atoms with Gasteiger partial charge in [-0.05, 0) is 41.0 Å². The molecule has 0 aliphatic carbocycles. The van der Waals surface area contributed by atoms with Crippen LogP contribution in [0.2, 0.25) is 0 Å². The molecule has 0 aromatic rings. The van der Waals surface area contributed by atoms with Gasteiger partial charge in [0.05, 0.1) is 18.6 Å². The molecule has 123 valence electrons. The van der Waals surface area contributed by atoms with Crippen LogP contribution in [0.3, 0.4) is 0 Å². The van der Waals surface area contributed by atoms with E-state index in [0.29, 0.717) is 45.6 Å². The highest BCUT2D eigenvalue weighted by Gasteiger charge is 2.30. The Kier molecular flexibility index (Phi) is 11.3. The van der Waals surface area contributed by atoms with Crippen molar-refractivity contribution in [3.05, 3.63) is 0 Å². The van der Waals surface area contributed by atoms with E-state index < -0.39 is 5.41 Å². The van der Waals surface area contributed by atoms with Crippen molar-refractivity contribution >= 4 is 12.6 Å². The van der Waals surface area contributed by atoms with Crippen LogP contribution in [0.15, 0.2) is 0 Å². The summed E-state index contributed by atoms with van der Waals surface area (Å²) in [6, 6.07) is 0. The molecule has 0 aromatic carbocycles. The first kappa shape index (κ1) is 20.2. The molecule has 0 spiro atoms. The Balaban J connectivity index is 3.95. The lowest BCUT2D eigenvalue weighted by Crippen LogP contribution is -2.29. The third-order valence-corrected chi connectivity index (χ3v) is 3.18. The normalized spacial score (nSPS) is 12.1. The minimum Gasteiger partial charge on any atom is -0.380 e. The van der Waals surface area contributed by atoms with Crippen molar-refractivity contribution in [3.8, 4) is 0 Å². The van der Waals surface area contributed by atoms with E-state index in [1.165, 1.54) is 0 Å². The largest absolute Gasteiger partial charge is 0.380 e. The third-order valence-electron chi connectivity index (χ3n) is 3.18. The molecule has 0 unspecified atom stereocenters. The monoisotopic (exact) mass is 301 g/mol. The van der Waals surface area contributed by atoms with E-state index in [-0.39, 0.29) is 0 Å². The van der Waals surface area contributed by atoms with E-state index in [1.807, 2.05) is 44.3 Å². The first-order chi connectivity index (χ1) is 9.95. The zero-order valence-electron chi connectivity index (χ0n) is 13.8. The van der Waals surface area contributed by atoms with Crippen molar-refractivity contribution in [1.82, 2.24) is 9.80 Å². The van der Waals surface area contributed by atoms with Crippen LogP contribution in [0.5, 0.6) is 0 Å². The van der Waals surface area contributed by atoms with Gasteiger partial charge in [0, 0.05) is 26.3 Å². The van der Waals surface area contributed by atoms with Crippen molar-refractivity contribution < 1.29 is 19.1 Å². The molecule has 21 heavy (non-hydrogen) atoms. The van der Waals surface area contributed by atoms with Gasteiger partial charge < -0.3 is 24.1 Å². The number of likely N-dealkylation sites (N-methyl/N-ethyl adjacent to an activating group) is 2. The van der Waals surface area contributed by atoms with Gasteiger partial charge in [0.2, 0.25) is 6.29 Å². The summed E-state index contributed by atoms with van der Waals surface area (Å²) < 4.78 is 10.9. The highest BCUT2D eigenvalue weighted by Crippen LogP contribution is 2.21. The van der Waals surface area contributed by atoms with Crippen LogP contribution < -0.4 is 0 Å².